The molecule has 0 fully saturated rings. The zero-order valence-corrected chi connectivity index (χ0v) is 15.5. The van der Waals surface area contributed by atoms with Gasteiger partial charge in [0.15, 0.2) is 0 Å². The van der Waals surface area contributed by atoms with E-state index in [2.05, 4.69) is 11.1 Å². The first-order valence-corrected chi connectivity index (χ1v) is 9.59. The first-order chi connectivity index (χ1) is 13.8. The van der Waals surface area contributed by atoms with Crippen molar-refractivity contribution in [2.45, 2.75) is 19.4 Å². The zero-order valence-electron chi connectivity index (χ0n) is 15.5. The number of hydrogen-bond donors (Lipinski definition) is 0. The molecule has 0 saturated carbocycles. The second-order valence-corrected chi connectivity index (χ2v) is 7.10. The van der Waals surface area contributed by atoms with E-state index < -0.39 is 0 Å². The van der Waals surface area contributed by atoms with Gasteiger partial charge in [-0.25, -0.2) is 4.99 Å². The van der Waals surface area contributed by atoms with Crippen LogP contribution in [0, 0.1) is 0 Å². The molecule has 28 heavy (non-hydrogen) atoms. The summed E-state index contributed by atoms with van der Waals surface area (Å²) in [7, 11) is 0. The van der Waals surface area contributed by atoms with Gasteiger partial charge in [-0.2, -0.15) is 0 Å². The standard InChI is InChI=1S/C24H20N2O2/c27-24-22(21-10-4-8-18-9-5-15-26(24)23(18)21)25-19-11-13-20(14-12-19)28-16-17-6-2-1-3-7-17/h1-4,6-8,10-14H,5,9,15-16H2. The summed E-state index contributed by atoms with van der Waals surface area (Å²) in [6, 6.07) is 23.8. The molecule has 4 heteroatoms. The summed E-state index contributed by atoms with van der Waals surface area (Å²) >= 11 is 0. The molecule has 0 radical (unpaired) electrons. The first-order valence-electron chi connectivity index (χ1n) is 9.59. The van der Waals surface area contributed by atoms with Gasteiger partial charge in [-0.05, 0) is 48.2 Å². The maximum Gasteiger partial charge on any atom is 0.277 e. The number of ether oxygens (including phenoxy) is 1. The van der Waals surface area contributed by atoms with E-state index in [-0.39, 0.29) is 5.91 Å². The Kier molecular flexibility index (Phi) is 4.17. The topological polar surface area (TPSA) is 41.9 Å². The quantitative estimate of drug-likeness (QED) is 0.671. The number of para-hydroxylation sites is 1. The number of carbonyl (C=O) groups excluding carboxylic acids is 1. The summed E-state index contributed by atoms with van der Waals surface area (Å²) in [6.07, 6.45) is 2.02. The molecule has 0 saturated heterocycles. The van der Waals surface area contributed by atoms with Crippen LogP contribution in [0.4, 0.5) is 11.4 Å². The van der Waals surface area contributed by atoms with E-state index in [9.17, 15) is 4.79 Å². The molecule has 0 unspecified atom stereocenters. The van der Waals surface area contributed by atoms with Gasteiger partial charge < -0.3 is 9.64 Å². The van der Waals surface area contributed by atoms with Crippen molar-refractivity contribution in [1.29, 1.82) is 0 Å². The number of benzene rings is 3. The van der Waals surface area contributed by atoms with Gasteiger partial charge in [-0.1, -0.05) is 48.5 Å². The van der Waals surface area contributed by atoms with Gasteiger partial charge in [-0.15, -0.1) is 0 Å². The summed E-state index contributed by atoms with van der Waals surface area (Å²) in [5.74, 6) is 0.791. The predicted octanol–water partition coefficient (Wildman–Crippen LogP) is 4.68. The molecule has 1 amide bonds. The second-order valence-electron chi connectivity index (χ2n) is 7.10. The van der Waals surface area contributed by atoms with Gasteiger partial charge in [0.1, 0.15) is 18.1 Å². The fourth-order valence-electron chi connectivity index (χ4n) is 3.88. The number of aliphatic imine (C=N–C) groups is 1. The maximum absolute atomic E-state index is 12.9. The summed E-state index contributed by atoms with van der Waals surface area (Å²) in [6.45, 7) is 1.30. The SMILES string of the molecule is O=C1C(=Nc2ccc(OCc3ccccc3)cc2)c2cccc3c2N1CCC3. The summed E-state index contributed by atoms with van der Waals surface area (Å²) < 4.78 is 5.83. The number of rotatable bonds is 4. The molecule has 2 aliphatic rings. The molecule has 3 aromatic carbocycles. The zero-order chi connectivity index (χ0) is 18.9. The van der Waals surface area contributed by atoms with Crippen LogP contribution in [-0.4, -0.2) is 18.2 Å². The number of aryl methyl sites for hydroxylation is 1. The Balaban J connectivity index is 1.38. The van der Waals surface area contributed by atoms with Crippen molar-refractivity contribution < 1.29 is 9.53 Å². The Bertz CT molecular complexity index is 1060. The Hall–Kier alpha value is -3.40. The van der Waals surface area contributed by atoms with Crippen LogP contribution in [-0.2, 0) is 17.8 Å². The van der Waals surface area contributed by atoms with Crippen LogP contribution < -0.4 is 9.64 Å². The van der Waals surface area contributed by atoms with Crippen LogP contribution in [0.15, 0.2) is 77.8 Å². The van der Waals surface area contributed by atoms with Gasteiger partial charge in [-0.3, -0.25) is 4.79 Å². The van der Waals surface area contributed by atoms with Crippen LogP contribution in [0.2, 0.25) is 0 Å². The Morgan fingerprint density at radius 2 is 1.75 bits per heavy atom. The van der Waals surface area contributed by atoms with Gasteiger partial charge in [0, 0.05) is 12.1 Å². The van der Waals surface area contributed by atoms with Gasteiger partial charge in [0.05, 0.1) is 11.4 Å². The van der Waals surface area contributed by atoms with E-state index in [1.807, 2.05) is 71.6 Å². The lowest BCUT2D eigenvalue weighted by atomic mass is 10.00. The largest absolute Gasteiger partial charge is 0.489 e. The molecule has 0 N–H and O–H groups in total. The highest BCUT2D eigenvalue weighted by atomic mass is 16.5. The lowest BCUT2D eigenvalue weighted by molar-refractivity contribution is -0.112. The molecule has 0 aliphatic carbocycles. The normalized spacial score (nSPS) is 16.4. The molecule has 138 valence electrons. The molecule has 3 aromatic rings. The number of anilines is 1. The van der Waals surface area contributed by atoms with Crippen molar-refractivity contribution >= 4 is 23.0 Å². The maximum atomic E-state index is 12.9. The smallest absolute Gasteiger partial charge is 0.277 e. The molecule has 0 atom stereocenters. The average Bonchev–Trinajstić information content (AvgIpc) is 3.02. The fourth-order valence-corrected chi connectivity index (χ4v) is 3.88. The molecule has 0 bridgehead atoms. The van der Waals surface area contributed by atoms with Gasteiger partial charge >= 0.3 is 0 Å². The Morgan fingerprint density at radius 3 is 2.57 bits per heavy atom. The van der Waals surface area contributed by atoms with E-state index in [1.165, 1.54) is 5.56 Å². The van der Waals surface area contributed by atoms with E-state index in [4.69, 9.17) is 4.74 Å². The minimum absolute atomic E-state index is 0.00607. The minimum atomic E-state index is 0.00607. The molecule has 0 spiro atoms. The average molecular weight is 368 g/mol. The molecular formula is C24H20N2O2. The van der Waals surface area contributed by atoms with Crippen LogP contribution in [0.5, 0.6) is 5.75 Å². The van der Waals surface area contributed by atoms with Crippen molar-refractivity contribution in [2.24, 2.45) is 4.99 Å². The summed E-state index contributed by atoms with van der Waals surface area (Å²) in [4.78, 5) is 19.4. The molecular weight excluding hydrogens is 348 g/mol. The van der Waals surface area contributed by atoms with E-state index in [0.717, 1.165) is 47.6 Å². The van der Waals surface area contributed by atoms with E-state index in [0.29, 0.717) is 12.3 Å². The van der Waals surface area contributed by atoms with Gasteiger partial charge in [0.25, 0.3) is 5.91 Å². The molecule has 5 rings (SSSR count). The molecule has 0 aromatic heterocycles. The lowest BCUT2D eigenvalue weighted by Gasteiger charge is -2.24. The van der Waals surface area contributed by atoms with Crippen molar-refractivity contribution in [3.05, 3.63) is 89.5 Å². The highest BCUT2D eigenvalue weighted by molar-refractivity contribution is 6.55. The number of hydrogen-bond acceptors (Lipinski definition) is 3. The van der Waals surface area contributed by atoms with Gasteiger partial charge in [0.2, 0.25) is 0 Å². The third kappa shape index (κ3) is 2.97. The Morgan fingerprint density at radius 1 is 0.929 bits per heavy atom. The molecule has 4 nitrogen and oxygen atoms in total. The van der Waals surface area contributed by atoms with Crippen molar-refractivity contribution in [3.63, 3.8) is 0 Å². The summed E-state index contributed by atoms with van der Waals surface area (Å²) in [5, 5.41) is 0. The number of carbonyl (C=O) groups is 1. The van der Waals surface area contributed by atoms with Crippen LogP contribution in [0.1, 0.15) is 23.1 Å². The third-order valence-electron chi connectivity index (χ3n) is 5.25. The minimum Gasteiger partial charge on any atom is -0.489 e. The lowest BCUT2D eigenvalue weighted by Crippen LogP contribution is -2.33. The monoisotopic (exact) mass is 368 g/mol. The van der Waals surface area contributed by atoms with Crippen molar-refractivity contribution in [2.75, 3.05) is 11.4 Å². The highest BCUT2D eigenvalue weighted by Gasteiger charge is 2.37. The van der Waals surface area contributed by atoms with Crippen LogP contribution >= 0.6 is 0 Å². The highest BCUT2D eigenvalue weighted by Crippen LogP contribution is 2.37. The molecule has 2 aliphatic heterocycles. The predicted molar refractivity (Wildman–Crippen MR) is 111 cm³/mol. The van der Waals surface area contributed by atoms with E-state index in [1.54, 1.807) is 0 Å². The third-order valence-corrected chi connectivity index (χ3v) is 5.25. The first kappa shape index (κ1) is 16.8. The Labute approximate surface area is 164 Å². The number of amides is 1. The second kappa shape index (κ2) is 6.97. The van der Waals surface area contributed by atoms with Crippen molar-refractivity contribution in [1.82, 2.24) is 0 Å². The van der Waals surface area contributed by atoms with E-state index >= 15 is 0 Å². The van der Waals surface area contributed by atoms with Crippen LogP contribution in [0.25, 0.3) is 0 Å². The van der Waals surface area contributed by atoms with Crippen molar-refractivity contribution in [3.8, 4) is 5.75 Å². The van der Waals surface area contributed by atoms with Crippen LogP contribution in [0.3, 0.4) is 0 Å². The fraction of sp³-hybridized carbons (Fsp3) is 0.167. The molecule has 2 heterocycles. The summed E-state index contributed by atoms with van der Waals surface area (Å²) in [5.41, 5.74) is 5.67. The number of nitrogens with zero attached hydrogens (tertiary/aromatic N) is 2.